The Morgan fingerprint density at radius 2 is 1.97 bits per heavy atom. The molecule has 1 aromatic heterocycles. The molecule has 0 fully saturated rings. The zero-order valence-corrected chi connectivity index (χ0v) is 16.9. The van der Waals surface area contributed by atoms with Crippen molar-refractivity contribution in [2.24, 2.45) is 5.73 Å². The fourth-order valence-electron chi connectivity index (χ4n) is 3.24. The molecule has 2 aromatic carbocycles. The van der Waals surface area contributed by atoms with E-state index in [2.05, 4.69) is 25.3 Å². The zero-order valence-electron chi connectivity index (χ0n) is 16.9. The Labute approximate surface area is 175 Å². The summed E-state index contributed by atoms with van der Waals surface area (Å²) < 4.78 is 11.5. The van der Waals surface area contributed by atoms with Crippen LogP contribution in [-0.4, -0.2) is 11.1 Å². The lowest BCUT2D eigenvalue weighted by molar-refractivity contribution is -0.136. The highest BCUT2D eigenvalue weighted by atomic mass is 16.5. The maximum atomic E-state index is 11.0. The van der Waals surface area contributed by atoms with Gasteiger partial charge in [0.15, 0.2) is 0 Å². The van der Waals surface area contributed by atoms with Crippen LogP contribution in [-0.2, 0) is 16.1 Å². The number of hydrogen-bond donors (Lipinski definition) is 2. The molecular weight excluding hydrogens is 378 g/mol. The van der Waals surface area contributed by atoms with Gasteiger partial charge in [0.2, 0.25) is 0 Å². The van der Waals surface area contributed by atoms with Crippen LogP contribution in [0, 0.1) is 0 Å². The molecule has 154 valence electrons. The van der Waals surface area contributed by atoms with E-state index in [1.807, 2.05) is 37.3 Å². The topological polar surface area (TPSA) is 85.7 Å². The van der Waals surface area contributed by atoms with E-state index in [0.717, 1.165) is 33.2 Å². The summed E-state index contributed by atoms with van der Waals surface area (Å²) in [6, 6.07) is 14.1. The molecule has 0 aliphatic carbocycles. The Bertz CT molecular complexity index is 1120. The predicted octanol–water partition coefficient (Wildman–Crippen LogP) is 5.74. The summed E-state index contributed by atoms with van der Waals surface area (Å²) in [5.74, 6) is -0.567. The molecule has 1 atom stereocenters. The molecule has 0 saturated carbocycles. The first-order valence-electron chi connectivity index (χ1n) is 9.61. The number of nitrogens with two attached hydrogens (primary N) is 1. The molecule has 0 bridgehead atoms. The average Bonchev–Trinajstić information content (AvgIpc) is 3.15. The summed E-state index contributed by atoms with van der Waals surface area (Å²) in [6.07, 6.45) is 4.44. The van der Waals surface area contributed by atoms with E-state index in [4.69, 9.17) is 20.0 Å². The predicted molar refractivity (Wildman–Crippen MR) is 119 cm³/mol. The quantitative estimate of drug-likeness (QED) is 0.352. The van der Waals surface area contributed by atoms with Crippen LogP contribution in [0.2, 0.25) is 0 Å². The lowest BCUT2D eigenvalue weighted by atomic mass is 9.99. The summed E-state index contributed by atoms with van der Waals surface area (Å²) in [5, 5.41) is 9.98. The van der Waals surface area contributed by atoms with Gasteiger partial charge in [0, 0.05) is 22.6 Å². The fraction of sp³-hybridized carbons (Fsp3) is 0.160. The number of aliphatic carboxylic acids is 1. The molecule has 0 aliphatic heterocycles. The molecule has 0 radical (unpaired) electrons. The number of hydrogen-bond acceptors (Lipinski definition) is 4. The number of carboxylic acid groups (broad SMARTS) is 1. The SMILES string of the molecule is C=C/C(CC(=O)O)=C(\C=C)OCc1coc2ccc(-c3cccc(C(C)N)c3)cc12. The first-order chi connectivity index (χ1) is 14.4. The Hall–Kier alpha value is -3.57. The van der Waals surface area contributed by atoms with E-state index >= 15 is 0 Å². The minimum absolute atomic E-state index is 0.0412. The lowest BCUT2D eigenvalue weighted by Gasteiger charge is -2.10. The van der Waals surface area contributed by atoms with Crippen molar-refractivity contribution in [2.75, 3.05) is 0 Å². The molecule has 0 aliphatic rings. The van der Waals surface area contributed by atoms with Crippen molar-refractivity contribution in [3.63, 3.8) is 0 Å². The molecule has 3 N–H and O–H groups in total. The summed E-state index contributed by atoms with van der Waals surface area (Å²) in [4.78, 5) is 11.0. The number of carboxylic acids is 1. The molecular formula is C25H25NO4. The van der Waals surface area contributed by atoms with E-state index in [1.54, 1.807) is 6.26 Å². The smallest absolute Gasteiger partial charge is 0.307 e. The third-order valence-corrected chi connectivity index (χ3v) is 4.87. The first-order valence-corrected chi connectivity index (χ1v) is 9.61. The van der Waals surface area contributed by atoms with Crippen LogP contribution in [0.3, 0.4) is 0 Å². The van der Waals surface area contributed by atoms with Gasteiger partial charge < -0.3 is 20.0 Å². The van der Waals surface area contributed by atoms with Crippen molar-refractivity contribution in [3.05, 3.63) is 96.5 Å². The Morgan fingerprint density at radius 1 is 1.20 bits per heavy atom. The minimum Gasteiger partial charge on any atom is -0.488 e. The maximum Gasteiger partial charge on any atom is 0.307 e. The van der Waals surface area contributed by atoms with Crippen LogP contribution >= 0.6 is 0 Å². The highest BCUT2D eigenvalue weighted by Gasteiger charge is 2.12. The standard InChI is InChI=1S/C25H25NO4/c1-4-17(13-25(27)28)23(5-2)29-14-21-15-30-24-10-9-20(12-22(21)24)19-8-6-7-18(11-19)16(3)26/h4-12,15-16H,1-2,13-14,26H2,3H3,(H,27,28)/b23-17-. The third-order valence-electron chi connectivity index (χ3n) is 4.87. The Kier molecular flexibility index (Phi) is 6.54. The summed E-state index contributed by atoms with van der Waals surface area (Å²) in [7, 11) is 0. The number of ether oxygens (including phenoxy) is 1. The van der Waals surface area contributed by atoms with Crippen LogP contribution in [0.5, 0.6) is 0 Å². The van der Waals surface area contributed by atoms with Crippen LogP contribution in [0.1, 0.15) is 30.5 Å². The van der Waals surface area contributed by atoms with Gasteiger partial charge in [-0.1, -0.05) is 43.5 Å². The van der Waals surface area contributed by atoms with E-state index in [9.17, 15) is 4.79 Å². The molecule has 5 nitrogen and oxygen atoms in total. The highest BCUT2D eigenvalue weighted by Crippen LogP contribution is 2.30. The van der Waals surface area contributed by atoms with E-state index in [1.165, 1.54) is 12.2 Å². The van der Waals surface area contributed by atoms with Crippen molar-refractivity contribution in [1.29, 1.82) is 0 Å². The molecule has 3 rings (SSSR count). The number of allylic oxidation sites excluding steroid dienone is 2. The normalized spacial score (nSPS) is 12.9. The van der Waals surface area contributed by atoms with Crippen molar-refractivity contribution in [2.45, 2.75) is 26.0 Å². The zero-order chi connectivity index (χ0) is 21.7. The van der Waals surface area contributed by atoms with Crippen molar-refractivity contribution < 1.29 is 19.1 Å². The second-order valence-corrected chi connectivity index (χ2v) is 7.04. The number of carbonyl (C=O) groups is 1. The van der Waals surface area contributed by atoms with Gasteiger partial charge >= 0.3 is 5.97 Å². The third kappa shape index (κ3) is 4.70. The molecule has 5 heteroatoms. The second kappa shape index (κ2) is 9.29. The summed E-state index contributed by atoms with van der Waals surface area (Å²) in [5.41, 5.74) is 11.3. The number of furan rings is 1. The second-order valence-electron chi connectivity index (χ2n) is 7.04. The Morgan fingerprint density at radius 3 is 2.63 bits per heavy atom. The van der Waals surface area contributed by atoms with Gasteiger partial charge in [-0.05, 0) is 47.9 Å². The summed E-state index contributed by atoms with van der Waals surface area (Å²) >= 11 is 0. The van der Waals surface area contributed by atoms with Gasteiger partial charge in [-0.15, -0.1) is 0 Å². The van der Waals surface area contributed by atoms with Crippen LogP contribution in [0.15, 0.2) is 89.8 Å². The van der Waals surface area contributed by atoms with Gasteiger partial charge in [0.1, 0.15) is 17.9 Å². The van der Waals surface area contributed by atoms with Gasteiger partial charge in [-0.3, -0.25) is 4.79 Å². The molecule has 0 amide bonds. The summed E-state index contributed by atoms with van der Waals surface area (Å²) in [6.45, 7) is 9.56. The first kappa shape index (κ1) is 21.1. The van der Waals surface area contributed by atoms with E-state index < -0.39 is 5.97 Å². The van der Waals surface area contributed by atoms with E-state index in [0.29, 0.717) is 11.3 Å². The van der Waals surface area contributed by atoms with Gasteiger partial charge in [-0.25, -0.2) is 0 Å². The lowest BCUT2D eigenvalue weighted by Crippen LogP contribution is -2.04. The number of fused-ring (bicyclic) bond motifs is 1. The number of benzene rings is 2. The van der Waals surface area contributed by atoms with E-state index in [-0.39, 0.29) is 19.1 Å². The maximum absolute atomic E-state index is 11.0. The largest absolute Gasteiger partial charge is 0.488 e. The number of rotatable bonds is 9. The van der Waals surface area contributed by atoms with Crippen molar-refractivity contribution in [3.8, 4) is 11.1 Å². The van der Waals surface area contributed by atoms with Gasteiger partial charge in [0.05, 0.1) is 12.7 Å². The van der Waals surface area contributed by atoms with Crippen LogP contribution in [0.25, 0.3) is 22.1 Å². The van der Waals surface area contributed by atoms with Gasteiger partial charge in [0.25, 0.3) is 0 Å². The molecule has 0 spiro atoms. The van der Waals surface area contributed by atoms with Crippen LogP contribution in [0.4, 0.5) is 0 Å². The molecule has 30 heavy (non-hydrogen) atoms. The van der Waals surface area contributed by atoms with Crippen molar-refractivity contribution >= 4 is 16.9 Å². The average molecular weight is 403 g/mol. The molecule has 1 unspecified atom stereocenters. The molecule has 0 saturated heterocycles. The monoisotopic (exact) mass is 403 g/mol. The highest BCUT2D eigenvalue weighted by molar-refractivity contribution is 5.86. The fourth-order valence-corrected chi connectivity index (χ4v) is 3.24. The minimum atomic E-state index is -0.958. The van der Waals surface area contributed by atoms with Crippen molar-refractivity contribution in [1.82, 2.24) is 0 Å². The molecule has 3 aromatic rings. The van der Waals surface area contributed by atoms with Crippen LogP contribution < -0.4 is 5.73 Å². The van der Waals surface area contributed by atoms with Gasteiger partial charge in [-0.2, -0.15) is 0 Å². The Balaban J connectivity index is 1.91. The molecule has 1 heterocycles.